The molecule has 1 amide bonds. The number of thioether (sulfide) groups is 1. The second-order valence-corrected chi connectivity index (χ2v) is 7.94. The number of rotatable bonds is 6. The lowest BCUT2D eigenvalue weighted by atomic mass is 10.0. The van der Waals surface area contributed by atoms with Crippen LogP contribution in [0.15, 0.2) is 47.3 Å². The van der Waals surface area contributed by atoms with Crippen LogP contribution >= 0.6 is 23.1 Å². The van der Waals surface area contributed by atoms with Gasteiger partial charge >= 0.3 is 0 Å². The van der Waals surface area contributed by atoms with Crippen molar-refractivity contribution in [1.82, 2.24) is 15.2 Å². The summed E-state index contributed by atoms with van der Waals surface area (Å²) >= 11 is 2.90. The molecule has 0 bridgehead atoms. The van der Waals surface area contributed by atoms with E-state index < -0.39 is 0 Å². The van der Waals surface area contributed by atoms with Crippen molar-refractivity contribution < 1.29 is 4.79 Å². The van der Waals surface area contributed by atoms with Gasteiger partial charge in [0, 0.05) is 16.8 Å². The van der Waals surface area contributed by atoms with Crippen LogP contribution in [0.2, 0.25) is 0 Å². The normalized spacial score (nSPS) is 11.0. The molecular formula is C18H18N4OS2. The van der Waals surface area contributed by atoms with Crippen molar-refractivity contribution in [2.24, 2.45) is 0 Å². The first-order valence-corrected chi connectivity index (χ1v) is 9.67. The SMILES string of the molecule is C=CCSc1nnc(NC(=O)c2cc(C(C)C)nc3ccccc23)s1. The van der Waals surface area contributed by atoms with Gasteiger partial charge < -0.3 is 0 Å². The Balaban J connectivity index is 1.91. The molecule has 0 aliphatic rings. The van der Waals surface area contributed by atoms with Crippen LogP contribution in [-0.2, 0) is 0 Å². The molecule has 7 heteroatoms. The molecule has 128 valence electrons. The predicted octanol–water partition coefficient (Wildman–Crippen LogP) is 4.74. The molecule has 5 nitrogen and oxygen atoms in total. The number of anilines is 1. The van der Waals surface area contributed by atoms with Crippen molar-refractivity contribution in [2.75, 3.05) is 11.1 Å². The number of pyridine rings is 1. The maximum Gasteiger partial charge on any atom is 0.258 e. The topological polar surface area (TPSA) is 67.8 Å². The van der Waals surface area contributed by atoms with E-state index in [1.54, 1.807) is 6.08 Å². The predicted molar refractivity (Wildman–Crippen MR) is 105 cm³/mol. The summed E-state index contributed by atoms with van der Waals surface area (Å²) in [7, 11) is 0. The highest BCUT2D eigenvalue weighted by Crippen LogP contribution is 2.27. The minimum absolute atomic E-state index is 0.197. The second kappa shape index (κ2) is 7.76. The molecule has 0 fully saturated rings. The number of hydrogen-bond donors (Lipinski definition) is 1. The highest BCUT2D eigenvalue weighted by molar-refractivity contribution is 8.01. The largest absolute Gasteiger partial charge is 0.296 e. The van der Waals surface area contributed by atoms with Crippen LogP contribution in [0.3, 0.4) is 0 Å². The number of nitrogens with one attached hydrogen (secondary N) is 1. The van der Waals surface area contributed by atoms with E-state index in [2.05, 4.69) is 40.9 Å². The third-order valence-corrected chi connectivity index (χ3v) is 5.49. The van der Waals surface area contributed by atoms with Gasteiger partial charge in [0.05, 0.1) is 11.1 Å². The Bertz CT molecular complexity index is 920. The first-order chi connectivity index (χ1) is 12.1. The van der Waals surface area contributed by atoms with E-state index in [1.165, 1.54) is 23.1 Å². The number of carbonyl (C=O) groups excluding carboxylic acids is 1. The van der Waals surface area contributed by atoms with Gasteiger partial charge in [-0.25, -0.2) is 0 Å². The fourth-order valence-electron chi connectivity index (χ4n) is 2.29. The van der Waals surface area contributed by atoms with E-state index in [0.29, 0.717) is 10.7 Å². The third kappa shape index (κ3) is 4.05. The summed E-state index contributed by atoms with van der Waals surface area (Å²) < 4.78 is 0.803. The number of benzene rings is 1. The number of carbonyl (C=O) groups is 1. The first kappa shape index (κ1) is 17.6. The number of fused-ring (bicyclic) bond motifs is 1. The van der Waals surface area contributed by atoms with Gasteiger partial charge in [0.25, 0.3) is 5.91 Å². The number of aromatic nitrogens is 3. The van der Waals surface area contributed by atoms with Crippen LogP contribution in [0.25, 0.3) is 10.9 Å². The molecule has 0 saturated heterocycles. The van der Waals surface area contributed by atoms with Gasteiger partial charge in [-0.1, -0.05) is 61.2 Å². The lowest BCUT2D eigenvalue weighted by Crippen LogP contribution is -2.13. The second-order valence-electron chi connectivity index (χ2n) is 5.69. The molecule has 0 saturated carbocycles. The maximum absolute atomic E-state index is 12.8. The highest BCUT2D eigenvalue weighted by atomic mass is 32.2. The van der Waals surface area contributed by atoms with E-state index in [1.807, 2.05) is 30.3 Å². The number of hydrogen-bond acceptors (Lipinski definition) is 6. The summed E-state index contributed by atoms with van der Waals surface area (Å²) in [5.74, 6) is 0.798. The number of nitrogens with zero attached hydrogens (tertiary/aromatic N) is 3. The van der Waals surface area contributed by atoms with Crippen molar-refractivity contribution >= 4 is 45.0 Å². The molecule has 3 rings (SSSR count). The summed E-state index contributed by atoms with van der Waals surface area (Å²) in [6.07, 6.45) is 1.81. The van der Waals surface area contributed by atoms with Crippen molar-refractivity contribution in [1.29, 1.82) is 0 Å². The Morgan fingerprint density at radius 3 is 2.92 bits per heavy atom. The molecule has 0 spiro atoms. The van der Waals surface area contributed by atoms with E-state index in [9.17, 15) is 4.79 Å². The van der Waals surface area contributed by atoms with Gasteiger partial charge in [-0.2, -0.15) is 0 Å². The van der Waals surface area contributed by atoms with Gasteiger partial charge in [-0.15, -0.1) is 16.8 Å². The summed E-state index contributed by atoms with van der Waals surface area (Å²) in [6.45, 7) is 7.81. The van der Waals surface area contributed by atoms with Crippen molar-refractivity contribution in [3.8, 4) is 0 Å². The monoisotopic (exact) mass is 370 g/mol. The molecule has 0 unspecified atom stereocenters. The van der Waals surface area contributed by atoms with Crippen LogP contribution in [0, 0.1) is 0 Å². The molecular weight excluding hydrogens is 352 g/mol. The van der Waals surface area contributed by atoms with Crippen molar-refractivity contribution in [2.45, 2.75) is 24.1 Å². The van der Waals surface area contributed by atoms with Crippen LogP contribution in [0.1, 0.15) is 35.8 Å². The van der Waals surface area contributed by atoms with Gasteiger partial charge in [-0.05, 0) is 18.1 Å². The first-order valence-electron chi connectivity index (χ1n) is 7.86. The Labute approximate surface area is 154 Å². The summed E-state index contributed by atoms with van der Waals surface area (Å²) in [6, 6.07) is 9.52. The molecule has 2 heterocycles. The zero-order valence-electron chi connectivity index (χ0n) is 14.0. The molecule has 2 aromatic heterocycles. The van der Waals surface area contributed by atoms with Gasteiger partial charge in [0.15, 0.2) is 4.34 Å². The lowest BCUT2D eigenvalue weighted by molar-refractivity contribution is 0.102. The summed E-state index contributed by atoms with van der Waals surface area (Å²) in [4.78, 5) is 17.4. The quantitative estimate of drug-likeness (QED) is 0.386. The summed E-state index contributed by atoms with van der Waals surface area (Å²) in [5.41, 5.74) is 2.31. The van der Waals surface area contributed by atoms with E-state index in [0.717, 1.165) is 26.7 Å². The smallest absolute Gasteiger partial charge is 0.258 e. The third-order valence-electron chi connectivity index (χ3n) is 3.52. The number of para-hydroxylation sites is 1. The Hall–Kier alpha value is -2.25. The highest BCUT2D eigenvalue weighted by Gasteiger charge is 2.16. The molecule has 0 aliphatic carbocycles. The Morgan fingerprint density at radius 1 is 1.36 bits per heavy atom. The van der Waals surface area contributed by atoms with Crippen molar-refractivity contribution in [3.05, 3.63) is 54.2 Å². The molecule has 3 aromatic rings. The summed E-state index contributed by atoms with van der Waals surface area (Å²) in [5, 5.41) is 12.3. The zero-order chi connectivity index (χ0) is 17.8. The van der Waals surface area contributed by atoms with E-state index in [4.69, 9.17) is 0 Å². The van der Waals surface area contributed by atoms with Gasteiger partial charge in [0.1, 0.15) is 0 Å². The Morgan fingerprint density at radius 2 is 2.16 bits per heavy atom. The Kier molecular flexibility index (Phi) is 5.45. The minimum Gasteiger partial charge on any atom is -0.296 e. The average molecular weight is 371 g/mol. The van der Waals surface area contributed by atoms with Crippen LogP contribution in [-0.4, -0.2) is 26.8 Å². The fraction of sp³-hybridized carbons (Fsp3) is 0.222. The van der Waals surface area contributed by atoms with E-state index >= 15 is 0 Å². The molecule has 1 aromatic carbocycles. The van der Waals surface area contributed by atoms with Crippen LogP contribution < -0.4 is 5.32 Å². The van der Waals surface area contributed by atoms with Crippen LogP contribution in [0.4, 0.5) is 5.13 Å². The zero-order valence-corrected chi connectivity index (χ0v) is 15.7. The average Bonchev–Trinajstić information content (AvgIpc) is 3.06. The standard InChI is InChI=1S/C18H18N4OS2/c1-4-9-24-18-22-21-17(25-18)20-16(23)13-10-15(11(2)3)19-14-8-6-5-7-12(13)14/h4-8,10-11H,1,9H2,2-3H3,(H,20,21,23). The molecule has 0 aliphatic heterocycles. The number of amides is 1. The molecule has 1 N–H and O–H groups in total. The van der Waals surface area contributed by atoms with E-state index in [-0.39, 0.29) is 11.8 Å². The lowest BCUT2D eigenvalue weighted by Gasteiger charge is -2.11. The van der Waals surface area contributed by atoms with Crippen molar-refractivity contribution in [3.63, 3.8) is 0 Å². The fourth-order valence-corrected chi connectivity index (χ4v) is 3.80. The molecule has 0 radical (unpaired) electrons. The van der Waals surface area contributed by atoms with Gasteiger partial charge in [0.2, 0.25) is 5.13 Å². The molecule has 25 heavy (non-hydrogen) atoms. The maximum atomic E-state index is 12.8. The van der Waals surface area contributed by atoms with Crippen LogP contribution in [0.5, 0.6) is 0 Å². The van der Waals surface area contributed by atoms with Gasteiger partial charge in [-0.3, -0.25) is 15.1 Å². The molecule has 0 atom stereocenters. The minimum atomic E-state index is -0.197.